The van der Waals surface area contributed by atoms with Crippen molar-refractivity contribution in [1.82, 2.24) is 10.3 Å². The van der Waals surface area contributed by atoms with E-state index in [2.05, 4.69) is 17.2 Å². The summed E-state index contributed by atoms with van der Waals surface area (Å²) in [6.45, 7) is 2.80. The minimum absolute atomic E-state index is 0.156. The molecule has 1 aromatic heterocycles. The van der Waals surface area contributed by atoms with Crippen LogP contribution in [0.4, 0.5) is 0 Å². The molecule has 0 fully saturated rings. The number of pyridine rings is 1. The molecule has 1 aromatic rings. The number of aliphatic hydroxyl groups excluding tert-OH is 1. The number of nitrogens with zero attached hydrogens (tertiary/aromatic N) is 1. The Morgan fingerprint density at radius 1 is 1.50 bits per heavy atom. The van der Waals surface area contributed by atoms with Crippen molar-refractivity contribution in [2.45, 2.75) is 25.8 Å². The van der Waals surface area contributed by atoms with Crippen molar-refractivity contribution in [2.24, 2.45) is 0 Å². The van der Waals surface area contributed by atoms with Gasteiger partial charge in [0, 0.05) is 19.1 Å². The number of rotatable bonds is 7. The zero-order chi connectivity index (χ0) is 11.8. The Balaban J connectivity index is 2.53. The predicted molar refractivity (Wildman–Crippen MR) is 63.5 cm³/mol. The molecule has 1 heterocycles. The summed E-state index contributed by atoms with van der Waals surface area (Å²) in [5.74, 6) is 0.753. The van der Waals surface area contributed by atoms with Crippen LogP contribution < -0.4 is 10.1 Å². The minimum atomic E-state index is 0.156. The molecule has 0 bridgehead atoms. The largest absolute Gasteiger partial charge is 0.492 e. The highest BCUT2D eigenvalue weighted by molar-refractivity contribution is 5.21. The molecule has 0 amide bonds. The van der Waals surface area contributed by atoms with Gasteiger partial charge >= 0.3 is 0 Å². The molecule has 1 rings (SSSR count). The van der Waals surface area contributed by atoms with Gasteiger partial charge in [-0.25, -0.2) is 0 Å². The van der Waals surface area contributed by atoms with Crippen LogP contribution in [0, 0.1) is 0 Å². The normalized spacial score (nSPS) is 12.4. The highest BCUT2D eigenvalue weighted by Gasteiger charge is 2.07. The van der Waals surface area contributed by atoms with Gasteiger partial charge in [0.05, 0.1) is 18.5 Å². The first-order valence-electron chi connectivity index (χ1n) is 5.68. The van der Waals surface area contributed by atoms with Gasteiger partial charge < -0.3 is 15.2 Å². The smallest absolute Gasteiger partial charge is 0.137 e. The molecule has 0 saturated carbocycles. The van der Waals surface area contributed by atoms with Crippen molar-refractivity contribution in [2.75, 3.05) is 20.3 Å². The van der Waals surface area contributed by atoms with Crippen LogP contribution in [0.2, 0.25) is 0 Å². The third-order valence-electron chi connectivity index (χ3n) is 2.44. The predicted octanol–water partition coefficient (Wildman–Crippen LogP) is 1.51. The first-order valence-corrected chi connectivity index (χ1v) is 5.68. The highest BCUT2D eigenvalue weighted by Crippen LogP contribution is 2.16. The lowest BCUT2D eigenvalue weighted by Gasteiger charge is -2.13. The number of nitrogens with one attached hydrogen (secondary N) is 1. The summed E-state index contributed by atoms with van der Waals surface area (Å²) in [5, 5.41) is 11.8. The fraction of sp³-hybridized carbons (Fsp3) is 0.583. The number of aromatic nitrogens is 1. The maximum Gasteiger partial charge on any atom is 0.137 e. The summed E-state index contributed by atoms with van der Waals surface area (Å²) in [6.07, 6.45) is 3.39. The highest BCUT2D eigenvalue weighted by atomic mass is 16.5. The maximum absolute atomic E-state index is 8.62. The van der Waals surface area contributed by atoms with Crippen molar-refractivity contribution in [3.05, 3.63) is 24.0 Å². The third kappa shape index (κ3) is 3.79. The van der Waals surface area contributed by atoms with Crippen LogP contribution in [0.1, 0.15) is 31.5 Å². The van der Waals surface area contributed by atoms with E-state index in [9.17, 15) is 0 Å². The maximum atomic E-state index is 8.62. The average molecular weight is 224 g/mol. The molecule has 0 radical (unpaired) electrons. The van der Waals surface area contributed by atoms with E-state index in [0.29, 0.717) is 19.1 Å². The third-order valence-corrected chi connectivity index (χ3v) is 2.44. The van der Waals surface area contributed by atoms with Crippen LogP contribution in [0.5, 0.6) is 5.75 Å². The Labute approximate surface area is 96.7 Å². The molecule has 0 spiro atoms. The van der Waals surface area contributed by atoms with Crippen LogP contribution in [-0.4, -0.2) is 30.4 Å². The summed E-state index contributed by atoms with van der Waals surface area (Å²) in [4.78, 5) is 4.35. The number of hydrogen-bond donors (Lipinski definition) is 2. The van der Waals surface area contributed by atoms with Crippen LogP contribution >= 0.6 is 0 Å². The Hall–Kier alpha value is -1.13. The van der Waals surface area contributed by atoms with E-state index in [4.69, 9.17) is 9.84 Å². The standard InChI is InChI=1S/C12H20N2O2/c1-3-11(13-2)12-6-5-10(9-14-12)16-8-4-7-15/h5-6,9,11,13,15H,3-4,7-8H2,1-2H3. The van der Waals surface area contributed by atoms with E-state index in [1.807, 2.05) is 19.2 Å². The van der Waals surface area contributed by atoms with Gasteiger partial charge in [0.25, 0.3) is 0 Å². The van der Waals surface area contributed by atoms with Crippen molar-refractivity contribution >= 4 is 0 Å². The van der Waals surface area contributed by atoms with Crippen LogP contribution in [0.15, 0.2) is 18.3 Å². The molecule has 4 nitrogen and oxygen atoms in total. The molecule has 0 aliphatic heterocycles. The minimum Gasteiger partial charge on any atom is -0.492 e. The van der Waals surface area contributed by atoms with Crippen molar-refractivity contribution in [3.63, 3.8) is 0 Å². The van der Waals surface area contributed by atoms with E-state index in [-0.39, 0.29) is 6.61 Å². The Kier molecular flexibility index (Phi) is 5.82. The van der Waals surface area contributed by atoms with E-state index in [0.717, 1.165) is 17.9 Å². The summed E-state index contributed by atoms with van der Waals surface area (Å²) in [7, 11) is 1.93. The molecule has 1 atom stereocenters. The van der Waals surface area contributed by atoms with E-state index in [1.165, 1.54) is 0 Å². The second-order valence-electron chi connectivity index (χ2n) is 3.59. The number of aliphatic hydroxyl groups is 1. The second kappa shape index (κ2) is 7.19. The molecular formula is C12H20N2O2. The zero-order valence-electron chi connectivity index (χ0n) is 9.94. The van der Waals surface area contributed by atoms with Crippen molar-refractivity contribution < 1.29 is 9.84 Å². The lowest BCUT2D eigenvalue weighted by Crippen LogP contribution is -2.16. The summed E-state index contributed by atoms with van der Waals surface area (Å²) < 4.78 is 5.41. The van der Waals surface area contributed by atoms with Crippen molar-refractivity contribution in [3.8, 4) is 5.75 Å². The molecule has 4 heteroatoms. The number of ether oxygens (including phenoxy) is 1. The molecule has 16 heavy (non-hydrogen) atoms. The monoisotopic (exact) mass is 224 g/mol. The second-order valence-corrected chi connectivity index (χ2v) is 3.59. The zero-order valence-corrected chi connectivity index (χ0v) is 9.94. The lowest BCUT2D eigenvalue weighted by molar-refractivity contribution is 0.233. The molecular weight excluding hydrogens is 204 g/mol. The molecule has 0 saturated heterocycles. The van der Waals surface area contributed by atoms with E-state index in [1.54, 1.807) is 6.20 Å². The first-order chi connectivity index (χ1) is 7.81. The van der Waals surface area contributed by atoms with Gasteiger partial charge in [-0.15, -0.1) is 0 Å². The van der Waals surface area contributed by atoms with Gasteiger partial charge in [-0.3, -0.25) is 4.98 Å². The van der Waals surface area contributed by atoms with Gasteiger partial charge in [0.1, 0.15) is 5.75 Å². The van der Waals surface area contributed by atoms with Gasteiger partial charge in [-0.2, -0.15) is 0 Å². The van der Waals surface area contributed by atoms with Crippen LogP contribution in [-0.2, 0) is 0 Å². The molecule has 0 aliphatic rings. The van der Waals surface area contributed by atoms with Gasteiger partial charge in [-0.1, -0.05) is 6.92 Å². The van der Waals surface area contributed by atoms with Gasteiger partial charge in [0.2, 0.25) is 0 Å². The fourth-order valence-electron chi connectivity index (χ4n) is 1.50. The first kappa shape index (κ1) is 12.9. The summed E-state index contributed by atoms with van der Waals surface area (Å²) in [5.41, 5.74) is 1.03. The lowest BCUT2D eigenvalue weighted by atomic mass is 10.1. The molecule has 1 unspecified atom stereocenters. The van der Waals surface area contributed by atoms with E-state index >= 15 is 0 Å². The van der Waals surface area contributed by atoms with E-state index < -0.39 is 0 Å². The SMILES string of the molecule is CCC(NC)c1ccc(OCCCO)cn1. The average Bonchev–Trinajstić information content (AvgIpc) is 2.33. The summed E-state index contributed by atoms with van der Waals surface area (Å²) >= 11 is 0. The Bertz CT molecular complexity index is 284. The topological polar surface area (TPSA) is 54.4 Å². The Morgan fingerprint density at radius 3 is 2.81 bits per heavy atom. The van der Waals surface area contributed by atoms with Gasteiger partial charge in [0.15, 0.2) is 0 Å². The number of hydrogen-bond acceptors (Lipinski definition) is 4. The summed E-state index contributed by atoms with van der Waals surface area (Å²) in [6, 6.07) is 4.19. The Morgan fingerprint density at radius 2 is 2.31 bits per heavy atom. The quantitative estimate of drug-likeness (QED) is 0.689. The van der Waals surface area contributed by atoms with Gasteiger partial charge in [-0.05, 0) is 25.6 Å². The fourth-order valence-corrected chi connectivity index (χ4v) is 1.50. The van der Waals surface area contributed by atoms with Crippen molar-refractivity contribution in [1.29, 1.82) is 0 Å². The van der Waals surface area contributed by atoms with Crippen LogP contribution in [0.3, 0.4) is 0 Å². The molecule has 2 N–H and O–H groups in total. The molecule has 0 aromatic carbocycles. The van der Waals surface area contributed by atoms with Crippen LogP contribution in [0.25, 0.3) is 0 Å². The molecule has 90 valence electrons. The molecule has 0 aliphatic carbocycles.